The minimum atomic E-state index is -1.22. The van der Waals surface area contributed by atoms with E-state index in [0.29, 0.717) is 11.6 Å². The van der Waals surface area contributed by atoms with Crippen LogP contribution >= 0.6 is 11.6 Å². The lowest BCUT2D eigenvalue weighted by Gasteiger charge is -2.05. The van der Waals surface area contributed by atoms with Crippen LogP contribution in [0.3, 0.4) is 0 Å². The maximum atomic E-state index is 11.6. The molecule has 0 bridgehead atoms. The molecule has 0 atom stereocenters. The second-order valence-electron chi connectivity index (χ2n) is 3.22. The summed E-state index contributed by atoms with van der Waals surface area (Å²) in [5, 5.41) is 9.12. The zero-order valence-electron chi connectivity index (χ0n) is 7.29. The average Bonchev–Trinajstić information content (AvgIpc) is 2.59. The van der Waals surface area contributed by atoms with Crippen LogP contribution in [-0.4, -0.2) is 15.6 Å². The van der Waals surface area contributed by atoms with E-state index in [9.17, 15) is 9.59 Å². The number of carboxylic acid groups (broad SMARTS) is 1. The highest BCUT2D eigenvalue weighted by Gasteiger charge is 2.20. The molecule has 14 heavy (non-hydrogen) atoms. The third-order valence-corrected chi connectivity index (χ3v) is 2.70. The van der Waals surface area contributed by atoms with Crippen LogP contribution < -0.4 is 5.56 Å². The SMILES string of the molecule is O=C(O)c1cc(Cl)c2n(c1=O)CCC2. The summed E-state index contributed by atoms with van der Waals surface area (Å²) in [5.41, 5.74) is 0.0525. The molecule has 0 spiro atoms. The third-order valence-electron chi connectivity index (χ3n) is 2.37. The Labute approximate surface area is 84.7 Å². The Kier molecular flexibility index (Phi) is 2.07. The molecule has 5 heteroatoms. The average molecular weight is 214 g/mol. The molecule has 4 nitrogen and oxygen atoms in total. The number of carbonyl (C=O) groups is 1. The molecule has 74 valence electrons. The number of aromatic nitrogens is 1. The van der Waals surface area contributed by atoms with E-state index >= 15 is 0 Å². The fourth-order valence-electron chi connectivity index (χ4n) is 1.72. The van der Waals surface area contributed by atoms with Crippen molar-refractivity contribution in [3.8, 4) is 0 Å². The van der Waals surface area contributed by atoms with Crippen molar-refractivity contribution in [2.45, 2.75) is 19.4 Å². The second kappa shape index (κ2) is 3.13. The topological polar surface area (TPSA) is 59.3 Å². The Hall–Kier alpha value is -1.29. The highest BCUT2D eigenvalue weighted by molar-refractivity contribution is 6.31. The largest absolute Gasteiger partial charge is 0.477 e. The number of hydrogen-bond acceptors (Lipinski definition) is 2. The van der Waals surface area contributed by atoms with E-state index in [-0.39, 0.29) is 5.56 Å². The first kappa shape index (κ1) is 9.27. The minimum Gasteiger partial charge on any atom is -0.477 e. The number of pyridine rings is 1. The van der Waals surface area contributed by atoms with Gasteiger partial charge in [-0.15, -0.1) is 0 Å². The summed E-state index contributed by atoms with van der Waals surface area (Å²) >= 11 is 5.87. The van der Waals surface area contributed by atoms with Crippen molar-refractivity contribution in [2.24, 2.45) is 0 Å². The molecule has 1 N–H and O–H groups in total. The van der Waals surface area contributed by atoms with E-state index in [4.69, 9.17) is 16.7 Å². The fourth-order valence-corrected chi connectivity index (χ4v) is 2.02. The van der Waals surface area contributed by atoms with Gasteiger partial charge in [0.25, 0.3) is 5.56 Å². The third kappa shape index (κ3) is 1.23. The molecule has 0 saturated carbocycles. The molecular formula is C9H8ClNO3. The number of hydrogen-bond donors (Lipinski definition) is 1. The molecule has 1 aromatic rings. The smallest absolute Gasteiger partial charge is 0.341 e. The zero-order chi connectivity index (χ0) is 10.3. The van der Waals surface area contributed by atoms with Crippen molar-refractivity contribution in [3.05, 3.63) is 32.7 Å². The Morgan fingerprint density at radius 1 is 1.57 bits per heavy atom. The van der Waals surface area contributed by atoms with Crippen molar-refractivity contribution in [1.29, 1.82) is 0 Å². The molecule has 1 aliphatic heterocycles. The van der Waals surface area contributed by atoms with Crippen molar-refractivity contribution in [3.63, 3.8) is 0 Å². The van der Waals surface area contributed by atoms with Gasteiger partial charge >= 0.3 is 5.97 Å². The van der Waals surface area contributed by atoms with Crippen molar-refractivity contribution in [1.82, 2.24) is 4.57 Å². The van der Waals surface area contributed by atoms with Crippen LogP contribution in [0.15, 0.2) is 10.9 Å². The fraction of sp³-hybridized carbons (Fsp3) is 0.333. The van der Waals surface area contributed by atoms with Gasteiger partial charge in [-0.1, -0.05) is 11.6 Å². The lowest BCUT2D eigenvalue weighted by atomic mass is 10.2. The maximum absolute atomic E-state index is 11.6. The van der Waals surface area contributed by atoms with E-state index in [2.05, 4.69) is 0 Å². The predicted molar refractivity (Wildman–Crippen MR) is 51.0 cm³/mol. The predicted octanol–water partition coefficient (Wildman–Crippen LogP) is 1.15. The highest BCUT2D eigenvalue weighted by Crippen LogP contribution is 2.21. The number of nitrogens with zero attached hydrogens (tertiary/aromatic N) is 1. The lowest BCUT2D eigenvalue weighted by Crippen LogP contribution is -2.26. The quantitative estimate of drug-likeness (QED) is 0.761. The van der Waals surface area contributed by atoms with Crippen LogP contribution in [0.5, 0.6) is 0 Å². The van der Waals surface area contributed by atoms with Crippen LogP contribution in [-0.2, 0) is 13.0 Å². The number of halogens is 1. The van der Waals surface area contributed by atoms with Crippen molar-refractivity contribution in [2.75, 3.05) is 0 Å². The molecule has 0 aromatic carbocycles. The summed E-state index contributed by atoms with van der Waals surface area (Å²) in [7, 11) is 0. The van der Waals surface area contributed by atoms with Crippen LogP contribution in [0.25, 0.3) is 0 Å². The first-order valence-electron chi connectivity index (χ1n) is 4.27. The van der Waals surface area contributed by atoms with Gasteiger partial charge in [-0.25, -0.2) is 4.79 Å². The van der Waals surface area contributed by atoms with Crippen LogP contribution in [0.4, 0.5) is 0 Å². The molecule has 1 aromatic heterocycles. The molecule has 0 unspecified atom stereocenters. The monoisotopic (exact) mass is 213 g/mol. The van der Waals surface area contributed by atoms with E-state index in [0.717, 1.165) is 18.5 Å². The van der Waals surface area contributed by atoms with Gasteiger partial charge in [-0.3, -0.25) is 4.79 Å². The van der Waals surface area contributed by atoms with Gasteiger partial charge in [-0.05, 0) is 18.9 Å². The number of rotatable bonds is 1. The first-order valence-corrected chi connectivity index (χ1v) is 4.64. The minimum absolute atomic E-state index is 0.249. The maximum Gasteiger partial charge on any atom is 0.341 e. The summed E-state index contributed by atoms with van der Waals surface area (Å²) < 4.78 is 1.45. The Morgan fingerprint density at radius 3 is 2.93 bits per heavy atom. The van der Waals surface area contributed by atoms with E-state index < -0.39 is 11.5 Å². The van der Waals surface area contributed by atoms with Gasteiger partial charge in [0.15, 0.2) is 0 Å². The first-order chi connectivity index (χ1) is 6.61. The van der Waals surface area contributed by atoms with Crippen LogP contribution in [0, 0.1) is 0 Å². The normalized spacial score (nSPS) is 14.1. The van der Waals surface area contributed by atoms with Gasteiger partial charge in [0.05, 0.1) is 5.02 Å². The van der Waals surface area contributed by atoms with Crippen LogP contribution in [0.1, 0.15) is 22.5 Å². The standard InChI is InChI=1S/C9H8ClNO3/c10-6-4-5(9(13)14)8(12)11-3-1-2-7(6)11/h4H,1-3H2,(H,13,14). The zero-order valence-corrected chi connectivity index (χ0v) is 8.04. The summed E-state index contributed by atoms with van der Waals surface area (Å²) in [6.07, 6.45) is 1.59. The summed E-state index contributed by atoms with van der Waals surface area (Å²) in [6.45, 7) is 0.564. The van der Waals surface area contributed by atoms with Crippen LogP contribution in [0.2, 0.25) is 5.02 Å². The summed E-state index contributed by atoms with van der Waals surface area (Å²) in [6, 6.07) is 1.24. The van der Waals surface area contributed by atoms with Gasteiger partial charge in [0.1, 0.15) is 5.56 Å². The number of carboxylic acids is 1. The van der Waals surface area contributed by atoms with Gasteiger partial charge < -0.3 is 9.67 Å². The van der Waals surface area contributed by atoms with Gasteiger partial charge in [0, 0.05) is 12.2 Å². The molecule has 0 saturated heterocycles. The van der Waals surface area contributed by atoms with E-state index in [1.807, 2.05) is 0 Å². The van der Waals surface area contributed by atoms with Gasteiger partial charge in [-0.2, -0.15) is 0 Å². The highest BCUT2D eigenvalue weighted by atomic mass is 35.5. The second-order valence-corrected chi connectivity index (χ2v) is 3.63. The van der Waals surface area contributed by atoms with Crippen molar-refractivity contribution >= 4 is 17.6 Å². The molecule has 2 rings (SSSR count). The number of aromatic carboxylic acids is 1. The Bertz CT molecular complexity index is 464. The Balaban J connectivity index is 2.74. The molecule has 0 amide bonds. The molecule has 0 fully saturated rings. The van der Waals surface area contributed by atoms with E-state index in [1.54, 1.807) is 0 Å². The molecule has 0 aliphatic carbocycles. The lowest BCUT2D eigenvalue weighted by molar-refractivity contribution is 0.0694. The molecule has 2 heterocycles. The van der Waals surface area contributed by atoms with E-state index in [1.165, 1.54) is 10.6 Å². The molecule has 0 radical (unpaired) electrons. The summed E-state index contributed by atoms with van der Waals surface area (Å²) in [4.78, 5) is 22.3. The molecule has 1 aliphatic rings. The van der Waals surface area contributed by atoms with Gasteiger partial charge in [0.2, 0.25) is 0 Å². The summed E-state index contributed by atoms with van der Waals surface area (Å²) in [5.74, 6) is -1.22. The molecular weight excluding hydrogens is 206 g/mol. The van der Waals surface area contributed by atoms with Crippen molar-refractivity contribution < 1.29 is 9.90 Å². The number of fused-ring (bicyclic) bond motifs is 1. The Morgan fingerprint density at radius 2 is 2.29 bits per heavy atom.